The molecule has 0 aromatic heterocycles. The smallest absolute Gasteiger partial charge is 0.293 e. The topological polar surface area (TPSA) is 53.0 Å². The summed E-state index contributed by atoms with van der Waals surface area (Å²) in [7, 11) is 2.19. The molecule has 2 atom stereocenters. The first-order valence-corrected chi connectivity index (χ1v) is 10.5. The van der Waals surface area contributed by atoms with Crippen molar-refractivity contribution in [3.05, 3.63) is 64.3 Å². The summed E-state index contributed by atoms with van der Waals surface area (Å²) in [6.45, 7) is 4.90. The lowest BCUT2D eigenvalue weighted by Crippen LogP contribution is -2.42. The zero-order valence-electron chi connectivity index (χ0n) is 17.0. The molecule has 0 spiro atoms. The SMILES string of the molecule is CCOC=O.CN1CCC(C2c3ccc(Cl)cc3C=CC3=CC=CN(O)C32)CC1. The van der Waals surface area contributed by atoms with Gasteiger partial charge in [0, 0.05) is 17.1 Å². The summed E-state index contributed by atoms with van der Waals surface area (Å²) < 4.78 is 4.15. The molecule has 0 radical (unpaired) electrons. The summed E-state index contributed by atoms with van der Waals surface area (Å²) in [4.78, 5) is 11.6. The molecule has 0 amide bonds. The van der Waals surface area contributed by atoms with Gasteiger partial charge in [-0.05, 0) is 80.7 Å². The molecule has 1 aromatic carbocycles. The minimum atomic E-state index is -0.0259. The van der Waals surface area contributed by atoms with Crippen LogP contribution in [-0.2, 0) is 9.53 Å². The maximum atomic E-state index is 10.6. The molecule has 3 aliphatic rings. The number of hydrogen-bond donors (Lipinski definition) is 1. The van der Waals surface area contributed by atoms with Crippen LogP contribution in [0, 0.1) is 5.92 Å². The highest BCUT2D eigenvalue weighted by Crippen LogP contribution is 2.44. The number of halogens is 1. The quantitative estimate of drug-likeness (QED) is 0.736. The average molecular weight is 417 g/mol. The predicted octanol–water partition coefficient (Wildman–Crippen LogP) is 4.49. The molecule has 1 saturated heterocycles. The number of hydroxylamine groups is 2. The number of carbonyl (C=O) groups excluding carboxylic acids is 1. The van der Waals surface area contributed by atoms with Gasteiger partial charge >= 0.3 is 0 Å². The van der Waals surface area contributed by atoms with E-state index in [0.717, 1.165) is 36.5 Å². The van der Waals surface area contributed by atoms with Crippen LogP contribution in [0.1, 0.15) is 36.8 Å². The summed E-state index contributed by atoms with van der Waals surface area (Å²) in [5.74, 6) is 0.817. The molecule has 2 aliphatic heterocycles. The van der Waals surface area contributed by atoms with Gasteiger partial charge in [-0.15, -0.1) is 0 Å². The van der Waals surface area contributed by atoms with Crippen molar-refractivity contribution in [2.45, 2.75) is 31.7 Å². The zero-order valence-corrected chi connectivity index (χ0v) is 17.8. The Hall–Kier alpha value is -2.08. The fourth-order valence-corrected chi connectivity index (χ4v) is 4.61. The molecule has 1 aliphatic carbocycles. The fourth-order valence-electron chi connectivity index (χ4n) is 4.43. The molecule has 2 heterocycles. The molecule has 1 aromatic rings. The Bertz CT molecular complexity index is 797. The van der Waals surface area contributed by atoms with E-state index >= 15 is 0 Å². The van der Waals surface area contributed by atoms with E-state index in [-0.39, 0.29) is 12.0 Å². The lowest BCUT2D eigenvalue weighted by Gasteiger charge is -2.41. The van der Waals surface area contributed by atoms with Crippen molar-refractivity contribution in [3.63, 3.8) is 0 Å². The van der Waals surface area contributed by atoms with Gasteiger partial charge in [-0.1, -0.05) is 35.9 Å². The molecule has 5 nitrogen and oxygen atoms in total. The number of fused-ring (bicyclic) bond motifs is 2. The lowest BCUT2D eigenvalue weighted by molar-refractivity contribution is -0.128. The van der Waals surface area contributed by atoms with Crippen LogP contribution in [0.4, 0.5) is 0 Å². The molecule has 6 heteroatoms. The third-order valence-corrected chi connectivity index (χ3v) is 6.10. The van der Waals surface area contributed by atoms with E-state index in [2.05, 4.69) is 41.0 Å². The number of hydrogen-bond acceptors (Lipinski definition) is 5. The largest absolute Gasteiger partial charge is 0.468 e. The molecular weight excluding hydrogens is 388 g/mol. The van der Waals surface area contributed by atoms with Crippen LogP contribution in [0.3, 0.4) is 0 Å². The first kappa shape index (κ1) is 21.6. The third kappa shape index (κ3) is 5.10. The van der Waals surface area contributed by atoms with Crippen molar-refractivity contribution in [1.82, 2.24) is 9.96 Å². The van der Waals surface area contributed by atoms with Crippen LogP contribution in [0.15, 0.2) is 48.2 Å². The highest BCUT2D eigenvalue weighted by molar-refractivity contribution is 6.30. The zero-order chi connectivity index (χ0) is 20.8. The Morgan fingerprint density at radius 3 is 2.69 bits per heavy atom. The van der Waals surface area contributed by atoms with Gasteiger partial charge in [-0.25, -0.2) is 0 Å². The van der Waals surface area contributed by atoms with Crippen LogP contribution >= 0.6 is 11.6 Å². The Kier molecular flexibility index (Phi) is 7.53. The average Bonchev–Trinajstić information content (AvgIpc) is 2.87. The number of rotatable bonds is 3. The van der Waals surface area contributed by atoms with Gasteiger partial charge in [0.2, 0.25) is 0 Å². The number of allylic oxidation sites excluding steroid dienone is 2. The third-order valence-electron chi connectivity index (χ3n) is 5.86. The molecule has 4 rings (SSSR count). The number of benzene rings is 1. The Morgan fingerprint density at radius 2 is 2.03 bits per heavy atom. The predicted molar refractivity (Wildman–Crippen MR) is 116 cm³/mol. The highest BCUT2D eigenvalue weighted by atomic mass is 35.5. The summed E-state index contributed by atoms with van der Waals surface area (Å²) in [5.41, 5.74) is 3.64. The number of nitrogens with zero attached hydrogens (tertiary/aromatic N) is 2. The van der Waals surface area contributed by atoms with Crippen molar-refractivity contribution in [2.75, 3.05) is 26.7 Å². The summed E-state index contributed by atoms with van der Waals surface area (Å²) in [5, 5.41) is 12.8. The first-order chi connectivity index (χ1) is 14.0. The van der Waals surface area contributed by atoms with E-state index in [1.807, 2.05) is 18.2 Å². The van der Waals surface area contributed by atoms with Crippen LogP contribution in [-0.4, -0.2) is 54.4 Å². The van der Waals surface area contributed by atoms with Crippen molar-refractivity contribution in [3.8, 4) is 0 Å². The monoisotopic (exact) mass is 416 g/mol. The van der Waals surface area contributed by atoms with Crippen LogP contribution < -0.4 is 0 Å². The minimum Gasteiger partial charge on any atom is -0.468 e. The van der Waals surface area contributed by atoms with E-state index in [1.54, 1.807) is 13.1 Å². The fraction of sp³-hybridized carbons (Fsp3) is 0.435. The molecule has 2 unspecified atom stereocenters. The van der Waals surface area contributed by atoms with Crippen LogP contribution in [0.5, 0.6) is 0 Å². The van der Waals surface area contributed by atoms with Gasteiger partial charge in [0.15, 0.2) is 0 Å². The van der Waals surface area contributed by atoms with Gasteiger partial charge in [0.1, 0.15) is 0 Å². The normalized spacial score (nSPS) is 23.9. The van der Waals surface area contributed by atoms with Crippen molar-refractivity contribution < 1.29 is 14.7 Å². The number of carbonyl (C=O) groups is 1. The van der Waals surface area contributed by atoms with Gasteiger partial charge < -0.3 is 9.64 Å². The van der Waals surface area contributed by atoms with E-state index in [4.69, 9.17) is 11.6 Å². The standard InChI is InChI=1S/C20H23ClN2O.C3H6O2/c1-22-11-8-14(9-12-22)19-18-7-6-17(21)13-16(18)5-4-15-3-2-10-23(24)20(15)19;1-2-5-3-4/h2-7,10,13-14,19-20,24H,8-9,11-12H2,1H3;3H,2H2,1H3. The molecule has 156 valence electrons. The van der Waals surface area contributed by atoms with Crippen LogP contribution in [0.25, 0.3) is 6.08 Å². The van der Waals surface area contributed by atoms with E-state index < -0.39 is 0 Å². The van der Waals surface area contributed by atoms with Gasteiger partial charge in [-0.2, -0.15) is 0 Å². The van der Waals surface area contributed by atoms with E-state index in [9.17, 15) is 10.0 Å². The minimum absolute atomic E-state index is 0.0259. The molecule has 29 heavy (non-hydrogen) atoms. The van der Waals surface area contributed by atoms with E-state index in [1.165, 1.54) is 16.2 Å². The van der Waals surface area contributed by atoms with Gasteiger partial charge in [0.05, 0.1) is 12.6 Å². The maximum absolute atomic E-state index is 10.6. The van der Waals surface area contributed by atoms with Crippen molar-refractivity contribution in [1.29, 1.82) is 0 Å². The van der Waals surface area contributed by atoms with Crippen LogP contribution in [0.2, 0.25) is 5.02 Å². The second-order valence-electron chi connectivity index (χ2n) is 7.66. The second-order valence-corrected chi connectivity index (χ2v) is 8.09. The molecule has 0 saturated carbocycles. The van der Waals surface area contributed by atoms with Gasteiger partial charge in [0.25, 0.3) is 6.47 Å². The first-order valence-electron chi connectivity index (χ1n) is 10.1. The van der Waals surface area contributed by atoms with E-state index in [0.29, 0.717) is 19.0 Å². The number of likely N-dealkylation sites (tertiary alicyclic amines) is 1. The Morgan fingerprint density at radius 1 is 1.28 bits per heavy atom. The van der Waals surface area contributed by atoms with Crippen molar-refractivity contribution >= 4 is 24.1 Å². The summed E-state index contributed by atoms with van der Waals surface area (Å²) in [6, 6.07) is 6.15. The molecule has 0 bridgehead atoms. The Labute approximate surface area is 177 Å². The molecular formula is C23H29ClN2O3. The van der Waals surface area contributed by atoms with Gasteiger partial charge in [-0.3, -0.25) is 15.1 Å². The molecule has 1 fully saturated rings. The summed E-state index contributed by atoms with van der Waals surface area (Å²) >= 11 is 6.24. The second kappa shape index (κ2) is 10.1. The summed E-state index contributed by atoms with van der Waals surface area (Å²) in [6.07, 6.45) is 12.4. The Balaban J connectivity index is 0.000000431. The molecule has 1 N–H and O–H groups in total. The lowest BCUT2D eigenvalue weighted by atomic mass is 9.73. The highest BCUT2D eigenvalue weighted by Gasteiger charge is 2.39. The number of ether oxygens (including phenoxy) is 1. The maximum Gasteiger partial charge on any atom is 0.293 e. The number of piperidine rings is 1. The van der Waals surface area contributed by atoms with Crippen molar-refractivity contribution in [2.24, 2.45) is 5.92 Å².